The van der Waals surface area contributed by atoms with E-state index in [0.29, 0.717) is 22.0 Å². The number of nitrogens with one attached hydrogen (secondary N) is 1. The van der Waals surface area contributed by atoms with E-state index in [4.69, 9.17) is 0 Å². The Morgan fingerprint density at radius 1 is 1.13 bits per heavy atom. The number of anilines is 1. The summed E-state index contributed by atoms with van der Waals surface area (Å²) in [5.41, 5.74) is 1.18. The maximum absolute atomic E-state index is 12.3. The molecule has 3 aromatic rings. The number of nitrogens with zero attached hydrogens (tertiary/aromatic N) is 2. The van der Waals surface area contributed by atoms with Gasteiger partial charge in [-0.1, -0.05) is 0 Å². The molecule has 1 N–H and O–H groups in total. The highest BCUT2D eigenvalue weighted by molar-refractivity contribution is 7.14. The van der Waals surface area contributed by atoms with Crippen LogP contribution in [0.4, 0.5) is 5.69 Å². The van der Waals surface area contributed by atoms with Crippen molar-refractivity contribution in [2.45, 2.75) is 6.92 Å². The zero-order valence-electron chi connectivity index (χ0n) is 12.7. The molecule has 3 rings (SSSR count). The number of hydrogen-bond acceptors (Lipinski definition) is 4. The Labute approximate surface area is 137 Å². The molecule has 0 fully saturated rings. The molecule has 0 saturated heterocycles. The number of thiophene rings is 1. The van der Waals surface area contributed by atoms with E-state index in [9.17, 15) is 9.59 Å². The van der Waals surface area contributed by atoms with Crippen LogP contribution < -0.4 is 5.32 Å². The maximum atomic E-state index is 12.3. The second-order valence-electron chi connectivity index (χ2n) is 5.13. The van der Waals surface area contributed by atoms with Gasteiger partial charge in [0.05, 0.1) is 4.88 Å². The van der Waals surface area contributed by atoms with Crippen molar-refractivity contribution in [2.24, 2.45) is 7.05 Å². The van der Waals surface area contributed by atoms with Crippen LogP contribution in [0.2, 0.25) is 0 Å². The molecule has 0 radical (unpaired) electrons. The number of carbonyl (C=O) groups is 2. The lowest BCUT2D eigenvalue weighted by atomic mass is 10.1. The van der Waals surface area contributed by atoms with Gasteiger partial charge in [0.25, 0.3) is 5.91 Å². The van der Waals surface area contributed by atoms with Gasteiger partial charge in [-0.15, -0.1) is 11.3 Å². The largest absolute Gasteiger partial charge is 0.331 e. The summed E-state index contributed by atoms with van der Waals surface area (Å²) >= 11 is 1.45. The predicted octanol–water partition coefficient (Wildman–Crippen LogP) is 3.27. The molecule has 2 heterocycles. The molecule has 116 valence electrons. The van der Waals surface area contributed by atoms with Crippen LogP contribution in [0.3, 0.4) is 0 Å². The third-order valence-electron chi connectivity index (χ3n) is 3.39. The quantitative estimate of drug-likeness (QED) is 0.749. The van der Waals surface area contributed by atoms with Crippen molar-refractivity contribution in [1.82, 2.24) is 9.55 Å². The summed E-state index contributed by atoms with van der Waals surface area (Å²) in [6.07, 6.45) is 3.32. The molecule has 1 aromatic carbocycles. The Balaban J connectivity index is 1.73. The van der Waals surface area contributed by atoms with Crippen molar-refractivity contribution in [3.8, 4) is 0 Å². The van der Waals surface area contributed by atoms with Crippen molar-refractivity contribution in [2.75, 3.05) is 5.32 Å². The molecule has 6 heteroatoms. The van der Waals surface area contributed by atoms with E-state index in [1.165, 1.54) is 11.3 Å². The Bertz CT molecular complexity index is 862. The van der Waals surface area contributed by atoms with Crippen LogP contribution in [0.15, 0.2) is 48.8 Å². The van der Waals surface area contributed by atoms with E-state index < -0.39 is 0 Å². The molecule has 0 unspecified atom stereocenters. The van der Waals surface area contributed by atoms with Crippen molar-refractivity contribution in [3.63, 3.8) is 0 Å². The first-order chi connectivity index (χ1) is 11.0. The lowest BCUT2D eigenvalue weighted by molar-refractivity contribution is 0.102. The number of benzene rings is 1. The number of imidazole rings is 1. The van der Waals surface area contributed by atoms with Crippen LogP contribution in [0, 0.1) is 6.92 Å². The van der Waals surface area contributed by atoms with E-state index in [1.54, 1.807) is 54.3 Å². The standard InChI is InChI=1S/C17H15N3O2S/c1-11-3-8-14(23-11)17(22)19-13-6-4-12(5-7-13)15(21)16-18-9-10-20(16)2/h3-10H,1-2H3,(H,19,22). The van der Waals surface area contributed by atoms with Crippen LogP contribution >= 0.6 is 11.3 Å². The predicted molar refractivity (Wildman–Crippen MR) is 90.1 cm³/mol. The van der Waals surface area contributed by atoms with Gasteiger partial charge in [-0.05, 0) is 43.3 Å². The SMILES string of the molecule is Cc1ccc(C(=O)Nc2ccc(C(=O)c3nccn3C)cc2)s1. The molecule has 5 nitrogen and oxygen atoms in total. The van der Waals surface area contributed by atoms with Crippen LogP contribution in [-0.4, -0.2) is 21.2 Å². The van der Waals surface area contributed by atoms with E-state index in [0.717, 1.165) is 4.88 Å². The lowest BCUT2D eigenvalue weighted by Crippen LogP contribution is -2.11. The molecule has 0 saturated carbocycles. The molecular weight excluding hydrogens is 310 g/mol. The summed E-state index contributed by atoms with van der Waals surface area (Å²) in [7, 11) is 1.78. The monoisotopic (exact) mass is 325 g/mol. The maximum Gasteiger partial charge on any atom is 0.265 e. The van der Waals surface area contributed by atoms with Gasteiger partial charge >= 0.3 is 0 Å². The van der Waals surface area contributed by atoms with Gasteiger partial charge in [0.15, 0.2) is 5.82 Å². The van der Waals surface area contributed by atoms with Crippen molar-refractivity contribution < 1.29 is 9.59 Å². The molecule has 23 heavy (non-hydrogen) atoms. The molecular formula is C17H15N3O2S. The Morgan fingerprint density at radius 2 is 1.87 bits per heavy atom. The van der Waals surface area contributed by atoms with Gasteiger partial charge in [0.1, 0.15) is 0 Å². The second kappa shape index (κ2) is 6.18. The highest BCUT2D eigenvalue weighted by Crippen LogP contribution is 2.18. The van der Waals surface area contributed by atoms with Crippen LogP contribution in [0.25, 0.3) is 0 Å². The van der Waals surface area contributed by atoms with Crippen LogP contribution in [-0.2, 0) is 7.05 Å². The highest BCUT2D eigenvalue weighted by atomic mass is 32.1. The number of amides is 1. The average molecular weight is 325 g/mol. The number of carbonyl (C=O) groups excluding carboxylic acids is 2. The van der Waals surface area contributed by atoms with Gasteiger partial charge in [-0.25, -0.2) is 4.98 Å². The summed E-state index contributed by atoms with van der Waals surface area (Å²) < 4.78 is 1.68. The number of ketones is 1. The summed E-state index contributed by atoms with van der Waals surface area (Å²) in [5.74, 6) is 0.0892. The van der Waals surface area contributed by atoms with Crippen molar-refractivity contribution >= 4 is 28.7 Å². The lowest BCUT2D eigenvalue weighted by Gasteiger charge is -2.05. The molecule has 1 amide bonds. The molecule has 0 atom stereocenters. The Kier molecular flexibility index (Phi) is 4.08. The second-order valence-corrected chi connectivity index (χ2v) is 6.42. The van der Waals surface area contributed by atoms with E-state index in [2.05, 4.69) is 10.3 Å². The minimum Gasteiger partial charge on any atom is -0.331 e. The van der Waals surface area contributed by atoms with Gasteiger partial charge in [-0.2, -0.15) is 0 Å². The fourth-order valence-corrected chi connectivity index (χ4v) is 2.93. The van der Waals surface area contributed by atoms with E-state index in [-0.39, 0.29) is 11.7 Å². The Hall–Kier alpha value is -2.73. The van der Waals surface area contributed by atoms with Gasteiger partial charge < -0.3 is 9.88 Å². The third kappa shape index (κ3) is 3.22. The molecule has 0 aliphatic carbocycles. The first-order valence-electron chi connectivity index (χ1n) is 7.04. The summed E-state index contributed by atoms with van der Waals surface area (Å²) in [5, 5.41) is 2.82. The number of rotatable bonds is 4. The topological polar surface area (TPSA) is 64.0 Å². The smallest absolute Gasteiger partial charge is 0.265 e. The number of aromatic nitrogens is 2. The summed E-state index contributed by atoms with van der Waals surface area (Å²) in [4.78, 5) is 30.2. The molecule has 0 aliphatic rings. The fourth-order valence-electron chi connectivity index (χ4n) is 2.17. The Morgan fingerprint density at radius 3 is 2.43 bits per heavy atom. The van der Waals surface area contributed by atoms with Gasteiger partial charge in [-0.3, -0.25) is 9.59 Å². The molecule has 0 aliphatic heterocycles. The number of aryl methyl sites for hydroxylation is 2. The van der Waals surface area contributed by atoms with Crippen LogP contribution in [0.5, 0.6) is 0 Å². The zero-order chi connectivity index (χ0) is 16.4. The van der Waals surface area contributed by atoms with E-state index in [1.807, 2.05) is 13.0 Å². The fraction of sp³-hybridized carbons (Fsp3) is 0.118. The first-order valence-corrected chi connectivity index (χ1v) is 7.86. The average Bonchev–Trinajstić information content (AvgIpc) is 3.16. The number of hydrogen-bond donors (Lipinski definition) is 1. The summed E-state index contributed by atoms with van der Waals surface area (Å²) in [6.45, 7) is 1.96. The third-order valence-corrected chi connectivity index (χ3v) is 4.39. The molecule has 0 spiro atoms. The minimum absolute atomic E-state index is 0.147. The molecule has 0 bridgehead atoms. The van der Waals surface area contributed by atoms with Gasteiger partial charge in [0, 0.05) is 35.6 Å². The van der Waals surface area contributed by atoms with Crippen LogP contribution in [0.1, 0.15) is 30.7 Å². The molecule has 2 aromatic heterocycles. The van der Waals surface area contributed by atoms with Gasteiger partial charge in [0.2, 0.25) is 5.78 Å². The minimum atomic E-state index is -0.149. The van der Waals surface area contributed by atoms with Crippen molar-refractivity contribution in [3.05, 3.63) is 69.9 Å². The highest BCUT2D eigenvalue weighted by Gasteiger charge is 2.14. The van der Waals surface area contributed by atoms with Crippen molar-refractivity contribution in [1.29, 1.82) is 0 Å². The first kappa shape index (κ1) is 15.2. The zero-order valence-corrected chi connectivity index (χ0v) is 13.6. The van der Waals surface area contributed by atoms with E-state index >= 15 is 0 Å². The normalized spacial score (nSPS) is 10.5. The summed E-state index contributed by atoms with van der Waals surface area (Å²) in [6, 6.07) is 10.5.